The Bertz CT molecular complexity index is 1360. The summed E-state index contributed by atoms with van der Waals surface area (Å²) in [5, 5.41) is 2.63. The quantitative estimate of drug-likeness (QED) is 0.116. The van der Waals surface area contributed by atoms with E-state index in [1.54, 1.807) is 0 Å². The molecule has 0 saturated carbocycles. The molecule has 0 aromatic heterocycles. The van der Waals surface area contributed by atoms with E-state index in [0.29, 0.717) is 6.92 Å². The number of rotatable bonds is 19. The van der Waals surface area contributed by atoms with Gasteiger partial charge in [-0.25, -0.2) is 8.42 Å². The molecule has 6 nitrogen and oxygen atoms in total. The molecule has 0 aliphatic heterocycles. The number of carboxylic acid groups (broad SMARTS) is 1. The molecule has 0 aliphatic carbocycles. The van der Waals surface area contributed by atoms with Crippen LogP contribution < -0.4 is 5.11 Å². The average Bonchev–Trinajstić information content (AvgIpc) is 2.92. The van der Waals surface area contributed by atoms with Crippen molar-refractivity contribution in [3.63, 3.8) is 0 Å². The second kappa shape index (κ2) is 13.5. The Balaban J connectivity index is 7.09. The second-order valence-corrected chi connectivity index (χ2v) is 13.0. The molecule has 0 N–H and O–H groups in total. The first-order valence-electron chi connectivity index (χ1n) is 12.7. The molecule has 0 bridgehead atoms. The predicted octanol–water partition coefficient (Wildman–Crippen LogP) is 6.12. The Morgan fingerprint density at radius 2 is 0.843 bits per heavy atom. The number of halogens is 23. The van der Waals surface area contributed by atoms with Crippen LogP contribution in [0.5, 0.6) is 0 Å². The number of carbonyl (C=O) groups is 1. The highest BCUT2D eigenvalue weighted by molar-refractivity contribution is 7.90. The van der Waals surface area contributed by atoms with Gasteiger partial charge in [0.05, 0.1) is 27.2 Å². The van der Waals surface area contributed by atoms with Crippen molar-refractivity contribution < 1.29 is 124 Å². The highest BCUT2D eigenvalue weighted by Crippen LogP contribution is 2.67. The highest BCUT2D eigenvalue weighted by atomic mass is 32.2. The zero-order valence-electron chi connectivity index (χ0n) is 24.9. The first-order chi connectivity index (χ1) is 21.8. The summed E-state index contributed by atoms with van der Waals surface area (Å²) in [4.78, 5) is 10.5. The maximum absolute atomic E-state index is 14.6. The van der Waals surface area contributed by atoms with Crippen molar-refractivity contribution in [2.45, 2.75) is 84.5 Å². The molecule has 0 atom stereocenters. The van der Waals surface area contributed by atoms with E-state index in [1.807, 2.05) is 0 Å². The van der Waals surface area contributed by atoms with E-state index in [-0.39, 0.29) is 6.54 Å². The number of carboxylic acids is 1. The predicted molar refractivity (Wildman–Crippen MR) is 118 cm³/mol. The molecule has 0 rings (SSSR count). The summed E-state index contributed by atoms with van der Waals surface area (Å²) in [5.41, 5.74) is 0. The van der Waals surface area contributed by atoms with Crippen LogP contribution in [0.2, 0.25) is 0 Å². The number of carbonyl (C=O) groups excluding carboxylic acids is 1. The van der Waals surface area contributed by atoms with Crippen LogP contribution in [0, 0.1) is 0 Å². The smallest absolute Gasteiger partial charge is 0.460 e. The molecule has 0 aromatic rings. The minimum Gasteiger partial charge on any atom is -0.550 e. The zero-order chi connectivity index (χ0) is 41.9. The topological polar surface area (TPSA) is 77.5 Å². The molecular formula is C21H21F23N2O4S. The van der Waals surface area contributed by atoms with Gasteiger partial charge in [0.2, 0.25) is 0 Å². The van der Waals surface area contributed by atoms with Crippen molar-refractivity contribution in [3.05, 3.63) is 0 Å². The molecule has 0 aromatic carbocycles. The lowest BCUT2D eigenvalue weighted by Gasteiger charge is -2.45. The number of quaternary nitrogens is 1. The Morgan fingerprint density at radius 1 is 0.549 bits per heavy atom. The van der Waals surface area contributed by atoms with Gasteiger partial charge in [-0.05, 0) is 0 Å². The van der Waals surface area contributed by atoms with Crippen LogP contribution in [0.25, 0.3) is 0 Å². The molecule has 0 unspecified atom stereocenters. The van der Waals surface area contributed by atoms with Gasteiger partial charge >= 0.3 is 64.7 Å². The number of alkyl halides is 23. The van der Waals surface area contributed by atoms with Gasteiger partial charge in [-0.15, -0.1) is 0 Å². The van der Waals surface area contributed by atoms with Gasteiger partial charge in [-0.1, -0.05) is 6.92 Å². The van der Waals surface area contributed by atoms with Crippen LogP contribution in [0.1, 0.15) is 19.8 Å². The maximum atomic E-state index is 14.6. The van der Waals surface area contributed by atoms with E-state index in [9.17, 15) is 119 Å². The monoisotopic (exact) mass is 834 g/mol. The minimum atomic E-state index is -9.59. The molecule has 30 heteroatoms. The number of nitrogens with zero attached hydrogens (tertiary/aromatic N) is 2. The Labute approximate surface area is 269 Å². The molecule has 306 valence electrons. The van der Waals surface area contributed by atoms with Gasteiger partial charge in [-0.3, -0.25) is 0 Å². The third kappa shape index (κ3) is 7.20. The van der Waals surface area contributed by atoms with Crippen molar-refractivity contribution >= 4 is 16.0 Å². The van der Waals surface area contributed by atoms with E-state index in [2.05, 4.69) is 0 Å². The molecule has 0 aliphatic rings. The zero-order valence-corrected chi connectivity index (χ0v) is 25.7. The molecule has 0 heterocycles. The summed E-state index contributed by atoms with van der Waals surface area (Å²) >= 11 is 0. The molecule has 0 fully saturated rings. The average molecular weight is 834 g/mol. The van der Waals surface area contributed by atoms with Gasteiger partial charge in [0.15, 0.2) is 0 Å². The van der Waals surface area contributed by atoms with Crippen LogP contribution in [0.4, 0.5) is 101 Å². The van der Waals surface area contributed by atoms with Gasteiger partial charge in [0.25, 0.3) is 10.0 Å². The summed E-state index contributed by atoms with van der Waals surface area (Å²) in [6, 6.07) is 0. The normalized spacial score (nSPS) is 16.2. The van der Waals surface area contributed by atoms with Crippen molar-refractivity contribution in [2.24, 2.45) is 0 Å². The highest BCUT2D eigenvalue weighted by Gasteiger charge is 2.99. The van der Waals surface area contributed by atoms with Crippen molar-refractivity contribution in [3.8, 4) is 0 Å². The van der Waals surface area contributed by atoms with E-state index < -0.39 is 122 Å². The molecular weight excluding hydrogens is 813 g/mol. The SMILES string of the molecule is CCN(CCC[N+](C)(C)CCC(=O)[O-])S(=O)(=O)C(F)(F)C(F)(F)C(F)(F)C(F)(F)C(F)(F)C(F)(F)C(F)(F)C(F)(F)C(F)(F)C(F)(F)C(F)(F)F. The number of sulfonamides is 1. The van der Waals surface area contributed by atoms with Crippen LogP contribution in [-0.2, 0) is 14.8 Å². The summed E-state index contributed by atoms with van der Waals surface area (Å²) < 4.78 is 337. The summed E-state index contributed by atoms with van der Waals surface area (Å²) in [6.07, 6.45) is -9.71. The van der Waals surface area contributed by atoms with E-state index in [4.69, 9.17) is 0 Å². The van der Waals surface area contributed by atoms with Gasteiger partial charge in [0.1, 0.15) is 0 Å². The standard InChI is InChI=1S/C21H21F23N2O4S/c1-4-45(7-5-8-46(2,3)9-6-10(47)48)51(49,50)21(43,44)19(38,39)17(34,35)15(30,31)13(26,27)11(22,23)12(24,25)14(28,29)16(32,33)18(36,37)20(40,41)42/h4-9H2,1-3H3. The van der Waals surface area contributed by atoms with Crippen molar-refractivity contribution in [2.75, 3.05) is 40.3 Å². The van der Waals surface area contributed by atoms with E-state index in [1.165, 1.54) is 14.1 Å². The van der Waals surface area contributed by atoms with Gasteiger partial charge in [0, 0.05) is 31.9 Å². The molecule has 0 radical (unpaired) electrons. The first-order valence-corrected chi connectivity index (χ1v) is 14.1. The minimum absolute atomic E-state index is 0.358. The lowest BCUT2D eigenvalue weighted by atomic mass is 9.86. The van der Waals surface area contributed by atoms with E-state index >= 15 is 0 Å². The number of hydrogen-bond donors (Lipinski definition) is 0. The van der Waals surface area contributed by atoms with Crippen molar-refractivity contribution in [1.29, 1.82) is 0 Å². The Kier molecular flexibility index (Phi) is 12.9. The second-order valence-electron chi connectivity index (χ2n) is 11.0. The fraction of sp³-hybridized carbons (Fsp3) is 0.952. The Hall–Kier alpha value is -2.27. The molecule has 0 amide bonds. The van der Waals surface area contributed by atoms with Crippen LogP contribution in [0.3, 0.4) is 0 Å². The fourth-order valence-electron chi connectivity index (χ4n) is 3.69. The fourth-order valence-corrected chi connectivity index (χ4v) is 5.18. The molecule has 0 spiro atoms. The largest absolute Gasteiger partial charge is 0.550 e. The van der Waals surface area contributed by atoms with Crippen LogP contribution in [0.15, 0.2) is 0 Å². The van der Waals surface area contributed by atoms with Crippen LogP contribution >= 0.6 is 0 Å². The lowest BCUT2D eigenvalue weighted by molar-refractivity contribution is -0.890. The van der Waals surface area contributed by atoms with Gasteiger partial charge < -0.3 is 14.4 Å². The lowest BCUT2D eigenvalue weighted by Crippen LogP contribution is -2.78. The van der Waals surface area contributed by atoms with Gasteiger partial charge in [-0.2, -0.15) is 105 Å². The first kappa shape index (κ1) is 48.7. The third-order valence-corrected chi connectivity index (χ3v) is 9.01. The molecule has 51 heavy (non-hydrogen) atoms. The van der Waals surface area contributed by atoms with E-state index in [0.717, 1.165) is 0 Å². The third-order valence-electron chi connectivity index (χ3n) is 6.99. The van der Waals surface area contributed by atoms with Crippen LogP contribution in [-0.4, -0.2) is 128 Å². The molecule has 0 saturated heterocycles. The summed E-state index contributed by atoms with van der Waals surface area (Å²) in [6.45, 7) is -3.43. The number of hydrogen-bond acceptors (Lipinski definition) is 4. The number of aliphatic carboxylic acids is 1. The Morgan fingerprint density at radius 3 is 1.12 bits per heavy atom. The van der Waals surface area contributed by atoms with Crippen molar-refractivity contribution in [1.82, 2.24) is 4.31 Å². The summed E-state index contributed by atoms with van der Waals surface area (Å²) in [5.74, 6) is -84.8. The summed E-state index contributed by atoms with van der Waals surface area (Å²) in [7, 11) is -5.29. The maximum Gasteiger partial charge on any atom is 0.460 e.